The van der Waals surface area contributed by atoms with E-state index in [9.17, 15) is 0 Å². The Kier molecular flexibility index (Phi) is 13.8. The third-order valence-corrected chi connectivity index (χ3v) is 20.7. The Morgan fingerprint density at radius 3 is 1.44 bits per heavy atom. The van der Waals surface area contributed by atoms with Crippen molar-refractivity contribution < 1.29 is 46.1 Å². The fourth-order valence-electron chi connectivity index (χ4n) is 9.09. The van der Waals surface area contributed by atoms with Crippen molar-refractivity contribution in [2.24, 2.45) is 11.3 Å². The predicted molar refractivity (Wildman–Crippen MR) is 239 cm³/mol. The molecule has 0 nitrogen and oxygen atoms in total. The second-order valence-corrected chi connectivity index (χ2v) is 27.5. The molecule has 0 saturated heterocycles. The van der Waals surface area contributed by atoms with E-state index in [2.05, 4.69) is 203 Å². The van der Waals surface area contributed by atoms with E-state index < -0.39 is 21.3 Å². The molecule has 0 fully saturated rings. The summed E-state index contributed by atoms with van der Waals surface area (Å²) in [5, 5.41) is 0. The Labute approximate surface area is 368 Å². The van der Waals surface area contributed by atoms with E-state index in [1.807, 2.05) is 0 Å². The maximum Gasteiger partial charge on any atom is -1.00 e. The third kappa shape index (κ3) is 9.38. The van der Waals surface area contributed by atoms with E-state index in [0.29, 0.717) is 5.92 Å². The second-order valence-electron chi connectivity index (χ2n) is 21.8. The number of halogens is 2. The maximum absolute atomic E-state index is 3.13. The first kappa shape index (κ1) is 47.4. The van der Waals surface area contributed by atoms with E-state index >= 15 is 0 Å². The largest absolute Gasteiger partial charge is 1.00 e. The minimum Gasteiger partial charge on any atom is -1.00 e. The molecule has 6 rings (SSSR count). The van der Waals surface area contributed by atoms with Gasteiger partial charge in [0.1, 0.15) is 0 Å². The number of hydrogen-bond acceptors (Lipinski definition) is 0. The zero-order valence-corrected chi connectivity index (χ0v) is 42.3. The van der Waals surface area contributed by atoms with Crippen molar-refractivity contribution in [3.63, 3.8) is 0 Å². The molecule has 0 bridgehead atoms. The predicted octanol–water partition coefficient (Wildman–Crippen LogP) is 8.25. The van der Waals surface area contributed by atoms with Crippen LogP contribution in [0.3, 0.4) is 0 Å². The Morgan fingerprint density at radius 2 is 1.02 bits per heavy atom. The van der Waals surface area contributed by atoms with Crippen molar-refractivity contribution in [3.05, 3.63) is 144 Å². The molecule has 0 aliphatic heterocycles. The van der Waals surface area contributed by atoms with Crippen LogP contribution < -0.4 is 28.1 Å². The molecule has 1 atom stereocenters. The fraction of sp³-hybridized carbons (Fsp3) is 0.463. The summed E-state index contributed by atoms with van der Waals surface area (Å²) in [6.07, 6.45) is 4.75. The van der Waals surface area contributed by atoms with Crippen LogP contribution in [0, 0.1) is 11.3 Å². The van der Waals surface area contributed by atoms with E-state index in [1.165, 1.54) is 44.5 Å². The number of fused-ring (bicyclic) bond motifs is 3. The van der Waals surface area contributed by atoms with Crippen LogP contribution in [-0.2, 0) is 49.3 Å². The topological polar surface area (TPSA) is 0 Å². The average molecular weight is 881 g/mol. The van der Waals surface area contributed by atoms with Crippen molar-refractivity contribution in [3.8, 4) is 11.1 Å². The molecule has 0 amide bonds. The van der Waals surface area contributed by atoms with Gasteiger partial charge in [-0.2, -0.15) is 0 Å². The van der Waals surface area contributed by atoms with Crippen LogP contribution in [-0.4, -0.2) is 3.21 Å². The number of hydrogen-bond donors (Lipinski definition) is 0. The zero-order chi connectivity index (χ0) is 40.6. The molecule has 4 aromatic rings. The first-order valence-electron chi connectivity index (χ1n) is 21.0. The zero-order valence-electron chi connectivity index (χ0n) is 38.3. The van der Waals surface area contributed by atoms with Crippen LogP contribution in [0.1, 0.15) is 169 Å². The molecule has 2 aliphatic carbocycles. The normalized spacial score (nSPS) is 15.6. The number of allylic oxidation sites excluding steroid dienone is 4. The molecule has 0 spiro atoms. The molecule has 0 radical (unpaired) electrons. The fourth-order valence-corrected chi connectivity index (χ4v) is 19.2. The van der Waals surface area contributed by atoms with Gasteiger partial charge in [0.05, 0.1) is 0 Å². The van der Waals surface area contributed by atoms with Crippen molar-refractivity contribution in [2.45, 2.75) is 152 Å². The van der Waals surface area contributed by atoms with E-state index in [1.54, 1.807) is 32.0 Å². The van der Waals surface area contributed by atoms with Crippen LogP contribution in [0.2, 0.25) is 0 Å². The Bertz CT molecular complexity index is 2150. The number of rotatable bonds is 5. The Morgan fingerprint density at radius 1 is 0.561 bits per heavy atom. The van der Waals surface area contributed by atoms with E-state index in [0.717, 1.165) is 12.8 Å². The summed E-state index contributed by atoms with van der Waals surface area (Å²) in [4.78, 5) is 0. The Balaban J connectivity index is 0.00000360. The summed E-state index contributed by atoms with van der Waals surface area (Å²) in [5.74, 6) is 0.399. The molecular weight excluding hydrogens is 811 g/mol. The second kappa shape index (κ2) is 16.6. The average Bonchev–Trinajstić information content (AvgIpc) is 3.62. The Hall–Kier alpha value is -2.31. The molecule has 0 N–H and O–H groups in total. The van der Waals surface area contributed by atoms with Crippen LogP contribution in [0.5, 0.6) is 0 Å². The van der Waals surface area contributed by atoms with Gasteiger partial charge in [-0.1, -0.05) is 0 Å². The monoisotopic (exact) mass is 878 g/mol. The van der Waals surface area contributed by atoms with Gasteiger partial charge in [0, 0.05) is 0 Å². The minimum absolute atomic E-state index is 0. The van der Waals surface area contributed by atoms with Gasteiger partial charge in [-0.05, 0) is 0 Å². The molecule has 3 heteroatoms. The summed E-state index contributed by atoms with van der Waals surface area (Å²) in [6.45, 7) is 40.7. The summed E-state index contributed by atoms with van der Waals surface area (Å²) >= 11 is -3.13. The molecule has 304 valence electrons. The molecular formula is C54H70Cl2Zr. The van der Waals surface area contributed by atoms with Gasteiger partial charge in [0.15, 0.2) is 0 Å². The minimum atomic E-state index is -3.13. The molecule has 2 aliphatic rings. The molecule has 1 unspecified atom stereocenters. The summed E-state index contributed by atoms with van der Waals surface area (Å²) in [6, 6.07) is 32.1. The SMILES string of the molecule is CCC1=[C]([Zr+2](=[C](c2ccc(C(C)(C)C)cc2)c2ccc(C(C)(C)C)cc2)[c]2c(C(C)(C)C)ccc3c2Cc2cc(C(C)(C)C)ccc2-3)C(C)C=C1C(C)(C)C.[Cl-].[Cl-]. The van der Waals surface area contributed by atoms with Gasteiger partial charge < -0.3 is 24.8 Å². The molecule has 0 heterocycles. The molecule has 57 heavy (non-hydrogen) atoms. The molecule has 0 aromatic heterocycles. The van der Waals surface area contributed by atoms with Gasteiger partial charge in [-0.25, -0.2) is 0 Å². The van der Waals surface area contributed by atoms with Gasteiger partial charge in [-0.3, -0.25) is 0 Å². The van der Waals surface area contributed by atoms with Crippen LogP contribution in [0.15, 0.2) is 99.4 Å². The van der Waals surface area contributed by atoms with Gasteiger partial charge in [0.25, 0.3) is 0 Å². The van der Waals surface area contributed by atoms with Crippen molar-refractivity contribution in [1.82, 2.24) is 0 Å². The first-order chi connectivity index (χ1) is 25.3. The maximum atomic E-state index is 2.67. The van der Waals surface area contributed by atoms with Crippen molar-refractivity contribution >= 4 is 6.48 Å². The summed E-state index contributed by atoms with van der Waals surface area (Å²) in [5.41, 5.74) is 18.2. The van der Waals surface area contributed by atoms with Gasteiger partial charge >= 0.3 is 346 Å². The van der Waals surface area contributed by atoms with Crippen molar-refractivity contribution in [2.75, 3.05) is 0 Å². The van der Waals surface area contributed by atoms with E-state index in [4.69, 9.17) is 0 Å². The smallest absolute Gasteiger partial charge is 1.00 e. The quantitative estimate of drug-likeness (QED) is 0.167. The van der Waals surface area contributed by atoms with Crippen molar-refractivity contribution in [1.29, 1.82) is 0 Å². The van der Waals surface area contributed by atoms with Crippen LogP contribution in [0.4, 0.5) is 0 Å². The van der Waals surface area contributed by atoms with Gasteiger partial charge in [0.2, 0.25) is 0 Å². The standard InChI is InChI=1S/C21H25.C21H26.C12H19.2ClH.Zr/c1-20(2,3)16-7-9-18-14(12-16)11-15-13-17(21(4,5)6)8-10-19(15)18;1-20(2,3)18-11-7-16(8-12-18)15-17-9-13-19(14-10-17)21(4,5)6;1-6-10-7-9(2)8-11(10)12(3,4)5;;;/h7-10,12H,11H2,1-6H3;7-14H,1-6H3;8-9H,6H2,1-5H3;2*1H;/q;;;;;+2/p-2. The van der Waals surface area contributed by atoms with Crippen LogP contribution >= 0.6 is 0 Å². The van der Waals surface area contributed by atoms with Gasteiger partial charge in [-0.15, -0.1) is 0 Å². The summed E-state index contributed by atoms with van der Waals surface area (Å²) < 4.78 is 5.15. The van der Waals surface area contributed by atoms with Crippen LogP contribution in [0.25, 0.3) is 11.1 Å². The number of benzene rings is 4. The first-order valence-corrected chi connectivity index (χ1v) is 24.7. The molecule has 4 aromatic carbocycles. The third-order valence-electron chi connectivity index (χ3n) is 12.3. The summed E-state index contributed by atoms with van der Waals surface area (Å²) in [7, 11) is 0. The van der Waals surface area contributed by atoms with E-state index in [-0.39, 0.29) is 51.9 Å². The molecule has 0 saturated carbocycles.